The average Bonchev–Trinajstić information content (AvgIpc) is 2.26. The maximum atomic E-state index is 12.2. The quantitative estimate of drug-likeness (QED) is 0.771. The Labute approximate surface area is 98.8 Å². The molecule has 4 nitrogen and oxygen atoms in total. The van der Waals surface area contributed by atoms with E-state index in [1.54, 1.807) is 13.8 Å². The summed E-state index contributed by atoms with van der Waals surface area (Å²) in [5.41, 5.74) is 5.14. The van der Waals surface area contributed by atoms with Crippen molar-refractivity contribution in [2.24, 2.45) is 5.73 Å². The summed E-state index contributed by atoms with van der Waals surface area (Å²) in [5, 5.41) is 0. The molecule has 1 atom stereocenters. The van der Waals surface area contributed by atoms with E-state index in [0.717, 1.165) is 32.6 Å². The molecule has 16 heavy (non-hydrogen) atoms. The first kappa shape index (κ1) is 13.5. The number of hydrogen-bond acceptors (Lipinski definition) is 3. The van der Waals surface area contributed by atoms with Crippen LogP contribution in [-0.2, 0) is 4.79 Å². The molecule has 94 valence electrons. The Bertz CT molecular complexity index is 247. The molecular formula is C12H25N3O. The minimum atomic E-state index is -0.748. The van der Waals surface area contributed by atoms with Gasteiger partial charge >= 0.3 is 0 Å². The molecule has 0 aliphatic carbocycles. The molecule has 2 N–H and O–H groups in total. The summed E-state index contributed by atoms with van der Waals surface area (Å²) in [5.74, 6) is 0.0788. The van der Waals surface area contributed by atoms with Gasteiger partial charge in [-0.05, 0) is 26.8 Å². The molecule has 1 unspecified atom stereocenters. The lowest BCUT2D eigenvalue weighted by Gasteiger charge is -2.43. The Balaban J connectivity index is 2.70. The highest BCUT2D eigenvalue weighted by Gasteiger charge is 2.34. The SMILES string of the molecule is CCC1CN(CC)CCN1C(=O)C(C)(C)N. The zero-order chi connectivity index (χ0) is 12.3. The number of carbonyl (C=O) groups is 1. The van der Waals surface area contributed by atoms with Gasteiger partial charge in [0.15, 0.2) is 0 Å². The normalized spacial score (nSPS) is 23.6. The summed E-state index contributed by atoms with van der Waals surface area (Å²) >= 11 is 0. The van der Waals surface area contributed by atoms with Gasteiger partial charge in [0.2, 0.25) is 5.91 Å². The number of amides is 1. The van der Waals surface area contributed by atoms with Crippen molar-refractivity contribution in [3.8, 4) is 0 Å². The zero-order valence-corrected chi connectivity index (χ0v) is 11.0. The average molecular weight is 227 g/mol. The predicted octanol–water partition coefficient (Wildman–Crippen LogP) is 0.666. The topological polar surface area (TPSA) is 49.6 Å². The fraction of sp³-hybridized carbons (Fsp3) is 0.917. The van der Waals surface area contributed by atoms with E-state index >= 15 is 0 Å². The second-order valence-electron chi connectivity index (χ2n) is 5.18. The molecule has 0 aromatic rings. The lowest BCUT2D eigenvalue weighted by Crippen LogP contribution is -2.61. The first-order valence-corrected chi connectivity index (χ1v) is 6.22. The summed E-state index contributed by atoms with van der Waals surface area (Å²) in [7, 11) is 0. The highest BCUT2D eigenvalue weighted by atomic mass is 16.2. The van der Waals surface area contributed by atoms with Crippen LogP contribution in [0.3, 0.4) is 0 Å². The number of rotatable bonds is 3. The molecule has 4 heteroatoms. The van der Waals surface area contributed by atoms with Crippen molar-refractivity contribution in [3.63, 3.8) is 0 Å². The van der Waals surface area contributed by atoms with Crippen LogP contribution in [0.4, 0.5) is 0 Å². The third-order valence-electron chi connectivity index (χ3n) is 3.30. The standard InChI is InChI=1S/C12H25N3O/c1-5-10-9-14(6-2)7-8-15(10)11(16)12(3,4)13/h10H,5-9,13H2,1-4H3. The number of likely N-dealkylation sites (N-methyl/N-ethyl adjacent to an activating group) is 1. The van der Waals surface area contributed by atoms with Gasteiger partial charge in [-0.3, -0.25) is 9.69 Å². The van der Waals surface area contributed by atoms with Crippen LogP contribution >= 0.6 is 0 Å². The summed E-state index contributed by atoms with van der Waals surface area (Å²) in [6, 6.07) is 0.323. The van der Waals surface area contributed by atoms with Crippen LogP contribution in [0, 0.1) is 0 Å². The van der Waals surface area contributed by atoms with E-state index in [4.69, 9.17) is 5.73 Å². The molecule has 1 fully saturated rings. The number of hydrogen-bond donors (Lipinski definition) is 1. The van der Waals surface area contributed by atoms with E-state index in [1.165, 1.54) is 0 Å². The maximum absolute atomic E-state index is 12.2. The molecule has 0 aromatic heterocycles. The fourth-order valence-corrected chi connectivity index (χ4v) is 2.19. The minimum Gasteiger partial charge on any atom is -0.336 e. The zero-order valence-electron chi connectivity index (χ0n) is 11.0. The smallest absolute Gasteiger partial charge is 0.242 e. The van der Waals surface area contributed by atoms with E-state index in [1.807, 2.05) is 4.90 Å². The van der Waals surface area contributed by atoms with Crippen LogP contribution in [0.15, 0.2) is 0 Å². The van der Waals surface area contributed by atoms with Gasteiger partial charge in [0, 0.05) is 25.7 Å². The van der Waals surface area contributed by atoms with Crippen molar-refractivity contribution in [1.29, 1.82) is 0 Å². The molecular weight excluding hydrogens is 202 g/mol. The second-order valence-corrected chi connectivity index (χ2v) is 5.18. The van der Waals surface area contributed by atoms with Crippen molar-refractivity contribution in [1.82, 2.24) is 9.80 Å². The van der Waals surface area contributed by atoms with Crippen LogP contribution in [0.25, 0.3) is 0 Å². The van der Waals surface area contributed by atoms with Crippen LogP contribution in [-0.4, -0.2) is 53.5 Å². The first-order chi connectivity index (χ1) is 7.40. The number of piperazine rings is 1. The van der Waals surface area contributed by atoms with Crippen molar-refractivity contribution in [3.05, 3.63) is 0 Å². The van der Waals surface area contributed by atoms with Gasteiger partial charge in [0.1, 0.15) is 0 Å². The van der Waals surface area contributed by atoms with Crippen LogP contribution < -0.4 is 5.73 Å². The lowest BCUT2D eigenvalue weighted by atomic mass is 10.0. The van der Waals surface area contributed by atoms with Gasteiger partial charge in [-0.1, -0.05) is 13.8 Å². The van der Waals surface area contributed by atoms with Gasteiger partial charge in [-0.15, -0.1) is 0 Å². The van der Waals surface area contributed by atoms with Crippen molar-refractivity contribution in [2.75, 3.05) is 26.2 Å². The molecule has 0 radical (unpaired) electrons. The summed E-state index contributed by atoms with van der Waals surface area (Å²) < 4.78 is 0. The fourth-order valence-electron chi connectivity index (χ4n) is 2.19. The van der Waals surface area contributed by atoms with Crippen molar-refractivity contribution < 1.29 is 4.79 Å². The van der Waals surface area contributed by atoms with Gasteiger partial charge in [-0.2, -0.15) is 0 Å². The molecule has 0 spiro atoms. The molecule has 0 saturated carbocycles. The molecule has 1 amide bonds. The first-order valence-electron chi connectivity index (χ1n) is 6.22. The van der Waals surface area contributed by atoms with Crippen LogP contribution in [0.1, 0.15) is 34.1 Å². The van der Waals surface area contributed by atoms with E-state index in [9.17, 15) is 4.79 Å². The van der Waals surface area contributed by atoms with Gasteiger partial charge < -0.3 is 10.6 Å². The Kier molecular flexibility index (Phi) is 4.33. The van der Waals surface area contributed by atoms with E-state index in [-0.39, 0.29) is 5.91 Å². The monoisotopic (exact) mass is 227 g/mol. The van der Waals surface area contributed by atoms with E-state index < -0.39 is 5.54 Å². The van der Waals surface area contributed by atoms with E-state index in [0.29, 0.717) is 6.04 Å². The highest BCUT2D eigenvalue weighted by molar-refractivity contribution is 5.85. The third kappa shape index (κ3) is 2.95. The third-order valence-corrected chi connectivity index (χ3v) is 3.30. The van der Waals surface area contributed by atoms with E-state index in [2.05, 4.69) is 18.7 Å². The second kappa shape index (κ2) is 5.15. The molecule has 0 bridgehead atoms. The molecule has 1 saturated heterocycles. The van der Waals surface area contributed by atoms with Gasteiger partial charge in [0.25, 0.3) is 0 Å². The summed E-state index contributed by atoms with van der Waals surface area (Å²) in [4.78, 5) is 16.5. The molecule has 1 aliphatic rings. The van der Waals surface area contributed by atoms with Gasteiger partial charge in [-0.25, -0.2) is 0 Å². The maximum Gasteiger partial charge on any atom is 0.242 e. The Morgan fingerprint density at radius 3 is 2.44 bits per heavy atom. The van der Waals surface area contributed by atoms with Crippen LogP contribution in [0.5, 0.6) is 0 Å². The summed E-state index contributed by atoms with van der Waals surface area (Å²) in [6.07, 6.45) is 0.998. The largest absolute Gasteiger partial charge is 0.336 e. The lowest BCUT2D eigenvalue weighted by molar-refractivity contribution is -0.141. The predicted molar refractivity (Wildman–Crippen MR) is 66.2 cm³/mol. The Morgan fingerprint density at radius 1 is 1.38 bits per heavy atom. The van der Waals surface area contributed by atoms with Gasteiger partial charge in [0.05, 0.1) is 5.54 Å². The molecule has 0 aromatic carbocycles. The van der Waals surface area contributed by atoms with Crippen molar-refractivity contribution >= 4 is 5.91 Å². The Hall–Kier alpha value is -0.610. The highest BCUT2D eigenvalue weighted by Crippen LogP contribution is 2.16. The number of carbonyl (C=O) groups excluding carboxylic acids is 1. The number of nitrogens with two attached hydrogens (primary N) is 1. The summed E-state index contributed by atoms with van der Waals surface area (Å²) in [6.45, 7) is 11.7. The molecule has 1 aliphatic heterocycles. The number of nitrogens with zero attached hydrogens (tertiary/aromatic N) is 2. The minimum absolute atomic E-state index is 0.0788. The molecule has 1 heterocycles. The van der Waals surface area contributed by atoms with Crippen molar-refractivity contribution in [2.45, 2.75) is 45.7 Å². The molecule has 1 rings (SSSR count). The van der Waals surface area contributed by atoms with Crippen LogP contribution in [0.2, 0.25) is 0 Å². The Morgan fingerprint density at radius 2 is 2.00 bits per heavy atom.